The predicted molar refractivity (Wildman–Crippen MR) is 105 cm³/mol. The molecule has 2 rings (SSSR count). The number of rotatable bonds is 4. The Hall–Kier alpha value is -1.29. The Morgan fingerprint density at radius 3 is 2.09 bits per heavy atom. The second kappa shape index (κ2) is 8.00. The second-order valence-corrected chi connectivity index (χ2v) is 6.99. The standard InChI is InChI=1S/C18H20Cl2N2S/c1-11(2)13-4-6-14(7-5-13)12(3)21-18(23)22-15-8-9-16(19)17(20)10-15/h4-12H,1-3H3,(H2,21,22,23). The van der Waals surface area contributed by atoms with Crippen molar-refractivity contribution in [1.82, 2.24) is 5.32 Å². The molecule has 0 saturated heterocycles. The molecule has 2 N–H and O–H groups in total. The van der Waals surface area contributed by atoms with Crippen LogP contribution in [0.25, 0.3) is 0 Å². The zero-order valence-corrected chi connectivity index (χ0v) is 15.7. The summed E-state index contributed by atoms with van der Waals surface area (Å²) in [6, 6.07) is 14.0. The van der Waals surface area contributed by atoms with Crippen LogP contribution in [-0.2, 0) is 0 Å². The van der Waals surface area contributed by atoms with Gasteiger partial charge in [-0.25, -0.2) is 0 Å². The molecule has 0 aliphatic carbocycles. The molecule has 2 nitrogen and oxygen atoms in total. The fourth-order valence-electron chi connectivity index (χ4n) is 2.19. The summed E-state index contributed by atoms with van der Waals surface area (Å²) in [5.41, 5.74) is 3.32. The number of thiocarbonyl (C=S) groups is 1. The van der Waals surface area contributed by atoms with E-state index in [0.717, 1.165) is 5.69 Å². The Morgan fingerprint density at radius 2 is 1.52 bits per heavy atom. The Morgan fingerprint density at radius 1 is 0.913 bits per heavy atom. The summed E-state index contributed by atoms with van der Waals surface area (Å²) >= 11 is 17.3. The minimum Gasteiger partial charge on any atom is -0.356 e. The summed E-state index contributed by atoms with van der Waals surface area (Å²) in [5.74, 6) is 0.532. The molecule has 0 spiro atoms. The third-order valence-electron chi connectivity index (χ3n) is 3.63. The van der Waals surface area contributed by atoms with Crippen LogP contribution in [0.4, 0.5) is 5.69 Å². The lowest BCUT2D eigenvalue weighted by Crippen LogP contribution is -2.30. The van der Waals surface area contributed by atoms with Gasteiger partial charge in [0.1, 0.15) is 0 Å². The first-order valence-corrected chi connectivity index (χ1v) is 8.65. The maximum absolute atomic E-state index is 6.00. The monoisotopic (exact) mass is 366 g/mol. The molecule has 0 saturated carbocycles. The molecule has 5 heteroatoms. The first-order valence-electron chi connectivity index (χ1n) is 7.49. The Balaban J connectivity index is 1.97. The molecule has 0 amide bonds. The quantitative estimate of drug-likeness (QED) is 0.633. The zero-order chi connectivity index (χ0) is 17.0. The topological polar surface area (TPSA) is 24.1 Å². The maximum Gasteiger partial charge on any atom is 0.171 e. The fraction of sp³-hybridized carbons (Fsp3) is 0.278. The van der Waals surface area contributed by atoms with Gasteiger partial charge in [-0.3, -0.25) is 0 Å². The van der Waals surface area contributed by atoms with Gasteiger partial charge in [-0.05, 0) is 54.4 Å². The van der Waals surface area contributed by atoms with Gasteiger partial charge >= 0.3 is 0 Å². The zero-order valence-electron chi connectivity index (χ0n) is 13.4. The minimum atomic E-state index is 0.110. The number of hydrogen-bond donors (Lipinski definition) is 2. The molecule has 122 valence electrons. The lowest BCUT2D eigenvalue weighted by Gasteiger charge is -2.18. The van der Waals surface area contributed by atoms with Crippen molar-refractivity contribution >= 4 is 46.2 Å². The molecule has 23 heavy (non-hydrogen) atoms. The highest BCUT2D eigenvalue weighted by molar-refractivity contribution is 7.80. The van der Waals surface area contributed by atoms with Gasteiger partial charge in [0, 0.05) is 5.69 Å². The summed E-state index contributed by atoms with van der Waals surface area (Å²) in [5, 5.41) is 7.95. The highest BCUT2D eigenvalue weighted by Gasteiger charge is 2.08. The van der Waals surface area contributed by atoms with E-state index in [1.807, 2.05) is 6.07 Å². The third kappa shape index (κ3) is 5.10. The average molecular weight is 367 g/mol. The normalized spacial score (nSPS) is 12.1. The fourth-order valence-corrected chi connectivity index (χ4v) is 2.78. The molecule has 1 unspecified atom stereocenters. The van der Waals surface area contributed by atoms with Crippen LogP contribution in [-0.4, -0.2) is 5.11 Å². The average Bonchev–Trinajstić information content (AvgIpc) is 2.51. The molecule has 0 aliphatic heterocycles. The van der Waals surface area contributed by atoms with Crippen LogP contribution in [0.15, 0.2) is 42.5 Å². The van der Waals surface area contributed by atoms with Crippen LogP contribution < -0.4 is 10.6 Å². The van der Waals surface area contributed by atoms with Gasteiger partial charge in [0.15, 0.2) is 5.11 Å². The van der Waals surface area contributed by atoms with Crippen LogP contribution in [0.1, 0.15) is 43.9 Å². The first-order chi connectivity index (χ1) is 10.9. The summed E-state index contributed by atoms with van der Waals surface area (Å²) in [4.78, 5) is 0. The molecule has 1 atom stereocenters. The first kappa shape index (κ1) is 18.1. The van der Waals surface area contributed by atoms with Crippen molar-refractivity contribution in [2.75, 3.05) is 5.32 Å². The SMILES string of the molecule is CC(C)c1ccc(C(C)NC(=S)Nc2ccc(Cl)c(Cl)c2)cc1. The minimum absolute atomic E-state index is 0.110. The largest absolute Gasteiger partial charge is 0.356 e. The number of nitrogens with one attached hydrogen (secondary N) is 2. The van der Waals surface area contributed by atoms with E-state index in [2.05, 4.69) is 55.7 Å². The van der Waals surface area contributed by atoms with E-state index in [-0.39, 0.29) is 6.04 Å². The lowest BCUT2D eigenvalue weighted by atomic mass is 10.00. The van der Waals surface area contributed by atoms with Crippen molar-refractivity contribution in [3.05, 3.63) is 63.6 Å². The molecule has 0 bridgehead atoms. The van der Waals surface area contributed by atoms with E-state index in [9.17, 15) is 0 Å². The van der Waals surface area contributed by atoms with Crippen LogP contribution in [0, 0.1) is 0 Å². The summed E-state index contributed by atoms with van der Waals surface area (Å²) in [6.45, 7) is 6.45. The van der Waals surface area contributed by atoms with Crippen molar-refractivity contribution in [2.24, 2.45) is 0 Å². The predicted octanol–water partition coefficient (Wildman–Crippen LogP) is 6.16. The third-order valence-corrected chi connectivity index (χ3v) is 4.59. The number of hydrogen-bond acceptors (Lipinski definition) is 1. The van der Waals surface area contributed by atoms with Crippen molar-refractivity contribution in [2.45, 2.75) is 32.7 Å². The molecule has 2 aromatic rings. The van der Waals surface area contributed by atoms with E-state index in [0.29, 0.717) is 21.1 Å². The summed E-state index contributed by atoms with van der Waals surface area (Å²) in [6.07, 6.45) is 0. The number of halogens is 2. The molecular weight excluding hydrogens is 347 g/mol. The molecule has 0 aromatic heterocycles. The molecule has 0 heterocycles. The van der Waals surface area contributed by atoms with Gasteiger partial charge in [0.05, 0.1) is 16.1 Å². The van der Waals surface area contributed by atoms with Crippen LogP contribution in [0.5, 0.6) is 0 Å². The van der Waals surface area contributed by atoms with Gasteiger partial charge in [0.2, 0.25) is 0 Å². The number of anilines is 1. The van der Waals surface area contributed by atoms with Crippen molar-refractivity contribution in [3.63, 3.8) is 0 Å². The highest BCUT2D eigenvalue weighted by Crippen LogP contribution is 2.25. The van der Waals surface area contributed by atoms with Gasteiger partial charge in [-0.1, -0.05) is 61.3 Å². The smallest absolute Gasteiger partial charge is 0.171 e. The lowest BCUT2D eigenvalue weighted by molar-refractivity contribution is 0.721. The molecule has 0 fully saturated rings. The van der Waals surface area contributed by atoms with Crippen molar-refractivity contribution in [1.29, 1.82) is 0 Å². The Labute approximate surface area is 153 Å². The van der Waals surface area contributed by atoms with Crippen LogP contribution in [0.2, 0.25) is 10.0 Å². The molecule has 0 aliphatic rings. The summed E-state index contributed by atoms with van der Waals surface area (Å²) < 4.78 is 0. The van der Waals surface area contributed by atoms with Crippen LogP contribution >= 0.6 is 35.4 Å². The van der Waals surface area contributed by atoms with E-state index >= 15 is 0 Å². The van der Waals surface area contributed by atoms with E-state index in [1.54, 1.807) is 12.1 Å². The van der Waals surface area contributed by atoms with Crippen LogP contribution in [0.3, 0.4) is 0 Å². The van der Waals surface area contributed by atoms with Crippen molar-refractivity contribution in [3.8, 4) is 0 Å². The van der Waals surface area contributed by atoms with E-state index in [1.165, 1.54) is 11.1 Å². The number of benzene rings is 2. The molecule has 0 radical (unpaired) electrons. The van der Waals surface area contributed by atoms with Gasteiger partial charge in [-0.2, -0.15) is 0 Å². The van der Waals surface area contributed by atoms with Gasteiger partial charge < -0.3 is 10.6 Å². The van der Waals surface area contributed by atoms with Gasteiger partial charge in [-0.15, -0.1) is 0 Å². The Kier molecular flexibility index (Phi) is 6.28. The van der Waals surface area contributed by atoms with Crippen molar-refractivity contribution < 1.29 is 0 Å². The maximum atomic E-state index is 6.00. The Bertz CT molecular complexity index is 684. The second-order valence-electron chi connectivity index (χ2n) is 5.77. The summed E-state index contributed by atoms with van der Waals surface area (Å²) in [7, 11) is 0. The highest BCUT2D eigenvalue weighted by atomic mass is 35.5. The molecular formula is C18H20Cl2N2S. The van der Waals surface area contributed by atoms with E-state index in [4.69, 9.17) is 35.4 Å². The molecule has 2 aromatic carbocycles. The van der Waals surface area contributed by atoms with E-state index < -0.39 is 0 Å². The van der Waals surface area contributed by atoms with Gasteiger partial charge in [0.25, 0.3) is 0 Å².